The quantitative estimate of drug-likeness (QED) is 0.676. The molecule has 1 nitrogen and oxygen atoms in total. The van der Waals surface area contributed by atoms with Crippen LogP contribution in [0.1, 0.15) is 0 Å². The third-order valence-corrected chi connectivity index (χ3v) is 3.51. The van der Waals surface area contributed by atoms with E-state index in [0.717, 1.165) is 10.6 Å². The van der Waals surface area contributed by atoms with Gasteiger partial charge < -0.3 is 0 Å². The number of nitrogens with zero attached hydrogens (tertiary/aromatic N) is 1. The Hall–Kier alpha value is -0.280. The van der Waals surface area contributed by atoms with Crippen molar-refractivity contribution in [3.63, 3.8) is 0 Å². The van der Waals surface area contributed by atoms with Gasteiger partial charge in [-0.3, -0.25) is 0 Å². The second kappa shape index (κ2) is 4.07. The summed E-state index contributed by atoms with van der Waals surface area (Å²) in [5.74, 6) is 0. The zero-order chi connectivity index (χ0) is 10.1. The zero-order valence-corrected chi connectivity index (χ0v) is 9.88. The van der Waals surface area contributed by atoms with Crippen molar-refractivity contribution in [2.45, 2.75) is 0 Å². The van der Waals surface area contributed by atoms with E-state index in [1.807, 2.05) is 5.38 Å². The number of hydrogen-bond acceptors (Lipinski definition) is 2. The third-order valence-electron chi connectivity index (χ3n) is 1.67. The first kappa shape index (κ1) is 10.2. The molecule has 2 aromatic rings. The minimum absolute atomic E-state index is 0.456. The Bertz CT molecular complexity index is 453. The molecule has 0 unspecified atom stereocenters. The van der Waals surface area contributed by atoms with Crippen LogP contribution in [-0.2, 0) is 0 Å². The van der Waals surface area contributed by atoms with Crippen LogP contribution in [0.3, 0.4) is 0 Å². The molecular weight excluding hydrogens is 261 g/mol. The Balaban J connectivity index is 2.60. The van der Waals surface area contributed by atoms with Crippen LogP contribution in [0.5, 0.6) is 0 Å². The highest BCUT2D eigenvalue weighted by atomic mass is 35.5. The van der Waals surface area contributed by atoms with Crippen LogP contribution in [0.15, 0.2) is 23.7 Å². The third kappa shape index (κ3) is 1.89. The normalized spacial score (nSPS) is 10.5. The fourth-order valence-corrected chi connectivity index (χ4v) is 2.40. The summed E-state index contributed by atoms with van der Waals surface area (Å²) >= 11 is 19.2. The van der Waals surface area contributed by atoms with Crippen LogP contribution >= 0.6 is 46.1 Å². The largest absolute Gasteiger partial charge is 0.244 e. The van der Waals surface area contributed by atoms with Gasteiger partial charge in [0.25, 0.3) is 0 Å². The lowest BCUT2D eigenvalue weighted by molar-refractivity contribution is 1.41. The van der Waals surface area contributed by atoms with Gasteiger partial charge in [-0.05, 0) is 12.1 Å². The molecule has 1 heterocycles. The lowest BCUT2D eigenvalue weighted by Crippen LogP contribution is -1.79. The molecule has 0 aliphatic rings. The summed E-state index contributed by atoms with van der Waals surface area (Å²) in [6.07, 6.45) is 1.72. The van der Waals surface area contributed by atoms with E-state index in [0.29, 0.717) is 15.1 Å². The monoisotopic (exact) mass is 263 g/mol. The lowest BCUT2D eigenvalue weighted by Gasteiger charge is -2.02. The maximum Gasteiger partial charge on any atom is 0.124 e. The predicted molar refractivity (Wildman–Crippen MR) is 62.6 cm³/mol. The van der Waals surface area contributed by atoms with Crippen LogP contribution in [0.4, 0.5) is 0 Å². The maximum absolute atomic E-state index is 6.02. The highest BCUT2D eigenvalue weighted by molar-refractivity contribution is 7.13. The number of hydrogen-bond donors (Lipinski definition) is 0. The fourth-order valence-electron chi connectivity index (χ4n) is 1.04. The lowest BCUT2D eigenvalue weighted by atomic mass is 10.2. The molecule has 2 rings (SSSR count). The van der Waals surface area contributed by atoms with Gasteiger partial charge in [-0.25, -0.2) is 4.98 Å². The summed E-state index contributed by atoms with van der Waals surface area (Å²) in [4.78, 5) is 4.15. The SMILES string of the molecule is Clc1cc(Cl)c(-c2nccs2)cc1Cl. The molecule has 14 heavy (non-hydrogen) atoms. The second-order valence-corrected chi connectivity index (χ2v) is 4.70. The first-order valence-electron chi connectivity index (χ1n) is 3.73. The molecule has 5 heteroatoms. The molecule has 0 amide bonds. The Kier molecular flexibility index (Phi) is 2.98. The first-order valence-corrected chi connectivity index (χ1v) is 5.74. The van der Waals surface area contributed by atoms with Gasteiger partial charge in [0.15, 0.2) is 0 Å². The number of aromatic nitrogens is 1. The summed E-state index contributed by atoms with van der Waals surface area (Å²) < 4.78 is 0. The number of halogens is 3. The van der Waals surface area contributed by atoms with E-state index < -0.39 is 0 Å². The van der Waals surface area contributed by atoms with Crippen LogP contribution in [-0.4, -0.2) is 4.98 Å². The molecule has 0 atom stereocenters. The summed E-state index contributed by atoms with van der Waals surface area (Å²) in [5, 5.41) is 4.23. The first-order chi connectivity index (χ1) is 6.68. The Morgan fingerprint density at radius 3 is 2.36 bits per heavy atom. The maximum atomic E-state index is 6.02. The van der Waals surface area contributed by atoms with Crippen LogP contribution in [0.25, 0.3) is 10.6 Å². The van der Waals surface area contributed by atoms with Crippen molar-refractivity contribution in [3.05, 3.63) is 38.8 Å². The molecule has 0 fully saturated rings. The molecule has 72 valence electrons. The van der Waals surface area contributed by atoms with Gasteiger partial charge in [0.05, 0.1) is 15.1 Å². The molecule has 1 aromatic heterocycles. The van der Waals surface area contributed by atoms with Gasteiger partial charge in [-0.2, -0.15) is 0 Å². The molecule has 0 saturated carbocycles. The molecule has 0 aliphatic carbocycles. The van der Waals surface area contributed by atoms with E-state index in [1.165, 1.54) is 11.3 Å². The van der Waals surface area contributed by atoms with Gasteiger partial charge >= 0.3 is 0 Å². The summed E-state index contributed by atoms with van der Waals surface area (Å²) in [7, 11) is 0. The van der Waals surface area contributed by atoms with Crippen molar-refractivity contribution in [2.75, 3.05) is 0 Å². The molecule has 0 saturated heterocycles. The standard InChI is InChI=1S/C9H4Cl3NS/c10-6-4-8(12)7(11)3-5(6)9-13-1-2-14-9/h1-4H. The van der Waals surface area contributed by atoms with Crippen molar-refractivity contribution in [2.24, 2.45) is 0 Å². The summed E-state index contributed by atoms with van der Waals surface area (Å²) in [6.45, 7) is 0. The van der Waals surface area contributed by atoms with E-state index >= 15 is 0 Å². The number of rotatable bonds is 1. The predicted octanol–water partition coefficient (Wildman–Crippen LogP) is 4.77. The molecule has 0 aliphatic heterocycles. The van der Waals surface area contributed by atoms with E-state index in [4.69, 9.17) is 34.8 Å². The van der Waals surface area contributed by atoms with Crippen molar-refractivity contribution < 1.29 is 0 Å². The van der Waals surface area contributed by atoms with Crippen molar-refractivity contribution in [1.29, 1.82) is 0 Å². The van der Waals surface area contributed by atoms with E-state index in [9.17, 15) is 0 Å². The number of benzene rings is 1. The van der Waals surface area contributed by atoms with Crippen LogP contribution < -0.4 is 0 Å². The van der Waals surface area contributed by atoms with Gasteiger partial charge in [0.2, 0.25) is 0 Å². The van der Waals surface area contributed by atoms with E-state index in [-0.39, 0.29) is 0 Å². The van der Waals surface area contributed by atoms with E-state index in [1.54, 1.807) is 18.3 Å². The topological polar surface area (TPSA) is 12.9 Å². The Morgan fingerprint density at radius 2 is 1.71 bits per heavy atom. The van der Waals surface area contributed by atoms with Crippen molar-refractivity contribution in [1.82, 2.24) is 4.98 Å². The molecular formula is C9H4Cl3NS. The minimum atomic E-state index is 0.456. The van der Waals surface area contributed by atoms with Gasteiger partial charge in [0, 0.05) is 17.1 Å². The number of thiazole rings is 1. The molecule has 0 spiro atoms. The van der Waals surface area contributed by atoms with Gasteiger partial charge in [-0.1, -0.05) is 34.8 Å². The Morgan fingerprint density at radius 1 is 1.00 bits per heavy atom. The second-order valence-electron chi connectivity index (χ2n) is 2.58. The van der Waals surface area contributed by atoms with Crippen LogP contribution in [0.2, 0.25) is 15.1 Å². The molecule has 0 radical (unpaired) electrons. The summed E-state index contributed by atoms with van der Waals surface area (Å²) in [5.41, 5.74) is 0.816. The van der Waals surface area contributed by atoms with Crippen molar-refractivity contribution >= 4 is 46.1 Å². The van der Waals surface area contributed by atoms with Gasteiger partial charge in [-0.15, -0.1) is 11.3 Å². The highest BCUT2D eigenvalue weighted by Gasteiger charge is 2.09. The molecule has 0 N–H and O–H groups in total. The minimum Gasteiger partial charge on any atom is -0.244 e. The van der Waals surface area contributed by atoms with Crippen LogP contribution in [0, 0.1) is 0 Å². The highest BCUT2D eigenvalue weighted by Crippen LogP contribution is 2.35. The molecule has 1 aromatic carbocycles. The zero-order valence-electron chi connectivity index (χ0n) is 6.80. The van der Waals surface area contributed by atoms with E-state index in [2.05, 4.69) is 4.98 Å². The smallest absolute Gasteiger partial charge is 0.124 e. The Labute approximate surface area is 100 Å². The molecule has 0 bridgehead atoms. The average Bonchev–Trinajstić information content (AvgIpc) is 2.64. The van der Waals surface area contributed by atoms with Gasteiger partial charge in [0.1, 0.15) is 5.01 Å². The fraction of sp³-hybridized carbons (Fsp3) is 0. The average molecular weight is 265 g/mol. The summed E-state index contributed by atoms with van der Waals surface area (Å²) in [6, 6.07) is 3.35. The van der Waals surface area contributed by atoms with Crippen molar-refractivity contribution in [3.8, 4) is 10.6 Å².